The van der Waals surface area contributed by atoms with Crippen molar-refractivity contribution >= 4 is 16.9 Å². The van der Waals surface area contributed by atoms with E-state index in [1.54, 1.807) is 12.1 Å². The highest BCUT2D eigenvalue weighted by Crippen LogP contribution is 2.41. The van der Waals surface area contributed by atoms with Gasteiger partial charge in [0.05, 0.1) is 11.4 Å². The van der Waals surface area contributed by atoms with Crippen molar-refractivity contribution in [3.05, 3.63) is 47.4 Å². The predicted octanol–water partition coefficient (Wildman–Crippen LogP) is 3.31. The molecule has 0 radical (unpaired) electrons. The smallest absolute Gasteiger partial charge is 0.160 e. The lowest BCUT2D eigenvalue weighted by Gasteiger charge is -2.27. The molecule has 2 bridgehead atoms. The predicted molar refractivity (Wildman–Crippen MR) is 101 cm³/mol. The molecular formula is C20H22FN5O. The van der Waals surface area contributed by atoms with Crippen molar-refractivity contribution in [3.8, 4) is 5.75 Å². The van der Waals surface area contributed by atoms with Gasteiger partial charge < -0.3 is 15.0 Å². The topological polar surface area (TPSA) is 66.1 Å². The number of hydrogen-bond donors (Lipinski definition) is 2. The second kappa shape index (κ2) is 6.49. The second-order valence-electron chi connectivity index (χ2n) is 7.41. The molecule has 0 saturated carbocycles. The third-order valence-electron chi connectivity index (χ3n) is 5.45. The van der Waals surface area contributed by atoms with Crippen LogP contribution in [-0.4, -0.2) is 34.4 Å². The lowest BCUT2D eigenvalue weighted by Crippen LogP contribution is -2.31. The van der Waals surface area contributed by atoms with Gasteiger partial charge in [-0.25, -0.2) is 9.37 Å². The molecule has 27 heavy (non-hydrogen) atoms. The Bertz CT molecular complexity index is 988. The van der Waals surface area contributed by atoms with E-state index < -0.39 is 0 Å². The molecule has 0 aliphatic carbocycles. The van der Waals surface area contributed by atoms with Gasteiger partial charge in [-0.3, -0.25) is 5.10 Å². The van der Waals surface area contributed by atoms with Crippen molar-refractivity contribution in [3.63, 3.8) is 0 Å². The van der Waals surface area contributed by atoms with Gasteiger partial charge in [-0.15, -0.1) is 0 Å². The summed E-state index contributed by atoms with van der Waals surface area (Å²) in [5.41, 5.74) is 2.77. The first-order valence-electron chi connectivity index (χ1n) is 9.44. The van der Waals surface area contributed by atoms with Crippen LogP contribution in [0.15, 0.2) is 30.5 Å². The standard InChI is InChI=1S/C20H22FN5O/c1-12-11-27-18-5-4-14(21)8-15(18)17-3-2-6-26(17)20-16-7-13(9-22-12)10-23-19(16)24-25-20/h4-5,7-8,10,12,17,22H,2-3,6,9,11H2,1H3,(H,23,24,25)/t12-,17-/m1/s1. The first kappa shape index (κ1) is 16.5. The fourth-order valence-corrected chi connectivity index (χ4v) is 4.07. The molecule has 3 aromatic rings. The molecular weight excluding hydrogens is 345 g/mol. The Morgan fingerprint density at radius 2 is 2.22 bits per heavy atom. The number of H-pyrrole nitrogens is 1. The summed E-state index contributed by atoms with van der Waals surface area (Å²) in [6.45, 7) is 4.18. The third kappa shape index (κ3) is 2.92. The highest BCUT2D eigenvalue weighted by Gasteiger charge is 2.32. The molecule has 2 aliphatic rings. The number of hydrogen-bond acceptors (Lipinski definition) is 5. The van der Waals surface area contributed by atoms with Gasteiger partial charge >= 0.3 is 0 Å². The molecule has 2 aromatic heterocycles. The summed E-state index contributed by atoms with van der Waals surface area (Å²) in [7, 11) is 0. The van der Waals surface area contributed by atoms with Crippen LogP contribution in [0.1, 0.15) is 36.9 Å². The summed E-state index contributed by atoms with van der Waals surface area (Å²) in [4.78, 5) is 6.78. The number of ether oxygens (including phenoxy) is 1. The molecule has 1 fully saturated rings. The number of aromatic nitrogens is 3. The number of halogens is 1. The molecule has 5 rings (SSSR count). The summed E-state index contributed by atoms with van der Waals surface area (Å²) in [6.07, 6.45) is 3.84. The average molecular weight is 367 g/mol. The highest BCUT2D eigenvalue weighted by molar-refractivity contribution is 5.88. The van der Waals surface area contributed by atoms with E-state index in [-0.39, 0.29) is 17.9 Å². The number of pyridine rings is 1. The number of benzene rings is 1. The Balaban J connectivity index is 1.67. The van der Waals surface area contributed by atoms with E-state index in [4.69, 9.17) is 4.74 Å². The molecule has 0 amide bonds. The lowest BCUT2D eigenvalue weighted by atomic mass is 10.0. The molecule has 140 valence electrons. The van der Waals surface area contributed by atoms with Gasteiger partial charge in [0.2, 0.25) is 0 Å². The summed E-state index contributed by atoms with van der Waals surface area (Å²) in [6, 6.07) is 7.15. The van der Waals surface area contributed by atoms with Crippen molar-refractivity contribution in [1.29, 1.82) is 0 Å². The van der Waals surface area contributed by atoms with Gasteiger partial charge in [-0.2, -0.15) is 5.10 Å². The summed E-state index contributed by atoms with van der Waals surface area (Å²) >= 11 is 0. The van der Waals surface area contributed by atoms with Gasteiger partial charge in [0, 0.05) is 30.9 Å². The van der Waals surface area contributed by atoms with Gasteiger partial charge in [-0.1, -0.05) is 0 Å². The number of nitrogens with one attached hydrogen (secondary N) is 2. The molecule has 4 heterocycles. The van der Waals surface area contributed by atoms with E-state index in [0.29, 0.717) is 13.2 Å². The van der Waals surface area contributed by atoms with Crippen LogP contribution in [0.4, 0.5) is 10.2 Å². The molecule has 7 heteroatoms. The van der Waals surface area contributed by atoms with Crippen LogP contribution in [-0.2, 0) is 6.54 Å². The minimum absolute atomic E-state index is 0.0369. The Labute approximate surface area is 156 Å². The summed E-state index contributed by atoms with van der Waals surface area (Å²) < 4.78 is 20.2. The molecule has 0 unspecified atom stereocenters. The monoisotopic (exact) mass is 367 g/mol. The van der Waals surface area contributed by atoms with Crippen LogP contribution in [0.2, 0.25) is 0 Å². The van der Waals surface area contributed by atoms with Crippen LogP contribution >= 0.6 is 0 Å². The van der Waals surface area contributed by atoms with E-state index in [0.717, 1.165) is 53.1 Å². The van der Waals surface area contributed by atoms with E-state index >= 15 is 0 Å². The Kier molecular flexibility index (Phi) is 3.97. The third-order valence-corrected chi connectivity index (χ3v) is 5.45. The number of nitrogens with zero attached hydrogens (tertiary/aromatic N) is 3. The zero-order valence-corrected chi connectivity index (χ0v) is 15.2. The van der Waals surface area contributed by atoms with Gasteiger partial charge in [0.25, 0.3) is 0 Å². The highest BCUT2D eigenvalue weighted by atomic mass is 19.1. The molecule has 1 saturated heterocycles. The van der Waals surface area contributed by atoms with Gasteiger partial charge in [0.1, 0.15) is 18.2 Å². The minimum atomic E-state index is -0.240. The molecule has 1 aromatic carbocycles. The van der Waals surface area contributed by atoms with E-state index in [9.17, 15) is 4.39 Å². The quantitative estimate of drug-likeness (QED) is 0.638. The number of rotatable bonds is 0. The first-order chi connectivity index (χ1) is 13.2. The van der Waals surface area contributed by atoms with E-state index in [2.05, 4.69) is 38.4 Å². The molecule has 2 N–H and O–H groups in total. The molecule has 2 atom stereocenters. The van der Waals surface area contributed by atoms with Crippen molar-refractivity contribution in [2.24, 2.45) is 0 Å². The molecule has 6 nitrogen and oxygen atoms in total. The van der Waals surface area contributed by atoms with Crippen molar-refractivity contribution in [2.45, 2.75) is 38.4 Å². The SMILES string of the molecule is C[C@@H]1COc2ccc(F)cc2[C@H]2CCCN2c2n[nH]c3ncc(cc23)CN1. The summed E-state index contributed by atoms with van der Waals surface area (Å²) in [5, 5.41) is 12.1. The van der Waals surface area contributed by atoms with Crippen molar-refractivity contribution < 1.29 is 9.13 Å². The first-order valence-corrected chi connectivity index (χ1v) is 9.44. The van der Waals surface area contributed by atoms with Crippen molar-refractivity contribution in [1.82, 2.24) is 20.5 Å². The Hall–Kier alpha value is -2.67. The van der Waals surface area contributed by atoms with Crippen LogP contribution < -0.4 is 15.0 Å². The van der Waals surface area contributed by atoms with E-state index in [1.807, 2.05) is 6.20 Å². The van der Waals surface area contributed by atoms with Crippen LogP contribution in [0.5, 0.6) is 5.75 Å². The van der Waals surface area contributed by atoms with E-state index in [1.165, 1.54) is 6.07 Å². The zero-order chi connectivity index (χ0) is 18.4. The largest absolute Gasteiger partial charge is 0.492 e. The number of fused-ring (bicyclic) bond motifs is 5. The lowest BCUT2D eigenvalue weighted by molar-refractivity contribution is 0.268. The number of aromatic amines is 1. The second-order valence-corrected chi connectivity index (χ2v) is 7.41. The fraction of sp³-hybridized carbons (Fsp3) is 0.400. The fourth-order valence-electron chi connectivity index (χ4n) is 4.07. The molecule has 2 aliphatic heterocycles. The Morgan fingerprint density at radius 3 is 3.15 bits per heavy atom. The van der Waals surface area contributed by atoms with Crippen LogP contribution in [0, 0.1) is 5.82 Å². The maximum Gasteiger partial charge on any atom is 0.160 e. The minimum Gasteiger partial charge on any atom is -0.492 e. The van der Waals surface area contributed by atoms with Gasteiger partial charge in [0.15, 0.2) is 11.5 Å². The number of anilines is 1. The maximum atomic E-state index is 14.1. The Morgan fingerprint density at radius 1 is 1.30 bits per heavy atom. The van der Waals surface area contributed by atoms with Crippen LogP contribution in [0.3, 0.4) is 0 Å². The van der Waals surface area contributed by atoms with Gasteiger partial charge in [-0.05, 0) is 49.6 Å². The van der Waals surface area contributed by atoms with Crippen LogP contribution in [0.25, 0.3) is 11.0 Å². The maximum absolute atomic E-state index is 14.1. The molecule has 0 spiro atoms. The average Bonchev–Trinajstić information content (AvgIpc) is 3.30. The summed E-state index contributed by atoms with van der Waals surface area (Å²) in [5.74, 6) is 1.39. The zero-order valence-electron chi connectivity index (χ0n) is 15.2. The van der Waals surface area contributed by atoms with Crippen molar-refractivity contribution in [2.75, 3.05) is 18.1 Å². The normalized spacial score (nSPS) is 22.5.